The summed E-state index contributed by atoms with van der Waals surface area (Å²) < 4.78 is 0. The zero-order valence-corrected chi connectivity index (χ0v) is 9.26. The molecule has 0 fully saturated rings. The second-order valence-corrected chi connectivity index (χ2v) is 3.46. The van der Waals surface area contributed by atoms with Gasteiger partial charge in [0.05, 0.1) is 12.2 Å². The lowest BCUT2D eigenvalue weighted by Gasteiger charge is -2.13. The first-order valence-corrected chi connectivity index (χ1v) is 5.38. The molecule has 0 saturated carbocycles. The second kappa shape index (κ2) is 9.51. The average Bonchev–Trinajstić information content (AvgIpc) is 2.24. The van der Waals surface area contributed by atoms with Crippen LogP contribution in [0.4, 0.5) is 0 Å². The highest BCUT2D eigenvalue weighted by Gasteiger charge is 2.11. The second-order valence-electron chi connectivity index (χ2n) is 3.46. The van der Waals surface area contributed by atoms with Gasteiger partial charge in [-0.05, 0) is 12.5 Å². The van der Waals surface area contributed by atoms with Gasteiger partial charge in [-0.15, -0.1) is 6.42 Å². The van der Waals surface area contributed by atoms with Crippen molar-refractivity contribution in [1.29, 1.82) is 0 Å². The first-order valence-electron chi connectivity index (χ1n) is 5.38. The number of rotatable bonds is 7. The van der Waals surface area contributed by atoms with E-state index in [0.717, 1.165) is 19.3 Å². The number of hydrogen-bond acceptors (Lipinski definition) is 2. The van der Waals surface area contributed by atoms with Crippen LogP contribution >= 0.6 is 0 Å². The monoisotopic (exact) mass is 208 g/mol. The maximum absolute atomic E-state index is 9.54. The van der Waals surface area contributed by atoms with Gasteiger partial charge in [0.25, 0.3) is 0 Å². The van der Waals surface area contributed by atoms with Crippen LogP contribution in [0.5, 0.6) is 0 Å². The molecule has 2 atom stereocenters. The molecule has 84 valence electrons. The van der Waals surface area contributed by atoms with Gasteiger partial charge < -0.3 is 10.2 Å². The van der Waals surface area contributed by atoms with Gasteiger partial charge >= 0.3 is 0 Å². The molecular weight excluding hydrogens is 188 g/mol. The number of unbranched alkanes of at least 4 members (excludes halogenated alkanes) is 2. The molecule has 2 N–H and O–H groups in total. The van der Waals surface area contributed by atoms with Gasteiger partial charge in [-0.3, -0.25) is 0 Å². The number of aliphatic hydroxyl groups excluding tert-OH is 2. The average molecular weight is 208 g/mol. The standard InChI is InChI=1S/C13H20O2/c1-3-5-7-9-11-13(15)12(14)10-8-6-4-2/h1,5,7,9,11-15H,4,6,8,10H2,2H3/b7-5+,11-9+/t12-,13+/m0/s1. The fraction of sp³-hybridized carbons (Fsp3) is 0.538. The highest BCUT2D eigenvalue weighted by Crippen LogP contribution is 2.07. The molecule has 0 amide bonds. The predicted octanol–water partition coefficient (Wildman–Crippen LogP) is 2.03. The Morgan fingerprint density at radius 2 is 2.00 bits per heavy atom. The Balaban J connectivity index is 3.78. The minimum Gasteiger partial charge on any atom is -0.390 e. The zero-order chi connectivity index (χ0) is 11.5. The number of terminal acetylenes is 1. The van der Waals surface area contributed by atoms with Crippen molar-refractivity contribution in [2.75, 3.05) is 0 Å². The molecule has 0 radical (unpaired) electrons. The van der Waals surface area contributed by atoms with E-state index >= 15 is 0 Å². The van der Waals surface area contributed by atoms with E-state index in [1.54, 1.807) is 18.2 Å². The minimum atomic E-state index is -0.802. The maximum atomic E-state index is 9.54. The molecule has 0 spiro atoms. The summed E-state index contributed by atoms with van der Waals surface area (Å²) in [5.74, 6) is 2.34. The summed E-state index contributed by atoms with van der Waals surface area (Å²) >= 11 is 0. The number of aliphatic hydroxyl groups is 2. The van der Waals surface area contributed by atoms with Crippen molar-refractivity contribution >= 4 is 0 Å². The van der Waals surface area contributed by atoms with Crippen LogP contribution in [0, 0.1) is 12.3 Å². The first-order chi connectivity index (χ1) is 7.22. The van der Waals surface area contributed by atoms with Crippen LogP contribution in [0.3, 0.4) is 0 Å². The molecule has 0 unspecified atom stereocenters. The van der Waals surface area contributed by atoms with Crippen molar-refractivity contribution in [3.8, 4) is 12.3 Å². The van der Waals surface area contributed by atoms with Gasteiger partial charge in [0.15, 0.2) is 0 Å². The van der Waals surface area contributed by atoms with Gasteiger partial charge in [-0.25, -0.2) is 0 Å². The molecule has 0 aliphatic rings. The Labute approximate surface area is 92.3 Å². The highest BCUT2D eigenvalue weighted by atomic mass is 16.3. The van der Waals surface area contributed by atoms with Gasteiger partial charge in [0.1, 0.15) is 0 Å². The molecule has 0 saturated heterocycles. The predicted molar refractivity (Wildman–Crippen MR) is 63.3 cm³/mol. The summed E-state index contributed by atoms with van der Waals surface area (Å²) in [6.07, 6.45) is 13.7. The molecule has 0 heterocycles. The molecule has 0 rings (SSSR count). The van der Waals surface area contributed by atoms with Crippen molar-refractivity contribution in [3.63, 3.8) is 0 Å². The topological polar surface area (TPSA) is 40.5 Å². The Morgan fingerprint density at radius 1 is 1.27 bits per heavy atom. The van der Waals surface area contributed by atoms with Crippen molar-refractivity contribution in [2.24, 2.45) is 0 Å². The van der Waals surface area contributed by atoms with E-state index in [1.807, 2.05) is 0 Å². The summed E-state index contributed by atoms with van der Waals surface area (Å²) in [6.45, 7) is 2.10. The number of hydrogen-bond donors (Lipinski definition) is 2. The van der Waals surface area contributed by atoms with Crippen LogP contribution in [-0.4, -0.2) is 22.4 Å². The van der Waals surface area contributed by atoms with E-state index in [1.165, 1.54) is 6.08 Å². The third kappa shape index (κ3) is 7.99. The van der Waals surface area contributed by atoms with Gasteiger partial charge in [0.2, 0.25) is 0 Å². The van der Waals surface area contributed by atoms with Crippen LogP contribution in [-0.2, 0) is 0 Å². The minimum absolute atomic E-state index is 0.637. The van der Waals surface area contributed by atoms with E-state index in [2.05, 4.69) is 12.8 Å². The lowest BCUT2D eigenvalue weighted by atomic mass is 10.1. The van der Waals surface area contributed by atoms with E-state index in [4.69, 9.17) is 6.42 Å². The highest BCUT2D eigenvalue weighted by molar-refractivity contribution is 5.16. The fourth-order valence-electron chi connectivity index (χ4n) is 1.19. The van der Waals surface area contributed by atoms with Crippen LogP contribution in [0.15, 0.2) is 24.3 Å². The number of allylic oxidation sites excluding steroid dienone is 3. The van der Waals surface area contributed by atoms with E-state index < -0.39 is 12.2 Å². The molecule has 2 heteroatoms. The van der Waals surface area contributed by atoms with Crippen molar-refractivity contribution in [2.45, 2.75) is 44.8 Å². The molecular formula is C13H20O2. The fourth-order valence-corrected chi connectivity index (χ4v) is 1.19. The molecule has 0 bridgehead atoms. The van der Waals surface area contributed by atoms with E-state index in [-0.39, 0.29) is 0 Å². The van der Waals surface area contributed by atoms with Crippen molar-refractivity contribution < 1.29 is 10.2 Å². The summed E-state index contributed by atoms with van der Waals surface area (Å²) in [5, 5.41) is 19.0. The Morgan fingerprint density at radius 3 is 2.60 bits per heavy atom. The largest absolute Gasteiger partial charge is 0.390 e. The summed E-state index contributed by atoms with van der Waals surface area (Å²) in [5.41, 5.74) is 0. The summed E-state index contributed by atoms with van der Waals surface area (Å²) in [4.78, 5) is 0. The lowest BCUT2D eigenvalue weighted by molar-refractivity contribution is 0.0415. The van der Waals surface area contributed by atoms with Gasteiger partial charge in [-0.1, -0.05) is 50.3 Å². The van der Waals surface area contributed by atoms with Crippen LogP contribution < -0.4 is 0 Å². The molecule has 2 nitrogen and oxygen atoms in total. The summed E-state index contributed by atoms with van der Waals surface area (Å²) in [7, 11) is 0. The Hall–Kier alpha value is -1.04. The molecule has 0 aliphatic heterocycles. The summed E-state index contributed by atoms with van der Waals surface area (Å²) in [6, 6.07) is 0. The molecule has 0 aromatic rings. The van der Waals surface area contributed by atoms with Crippen molar-refractivity contribution in [1.82, 2.24) is 0 Å². The van der Waals surface area contributed by atoms with Gasteiger partial charge in [0, 0.05) is 0 Å². The van der Waals surface area contributed by atoms with Crippen LogP contribution in [0.2, 0.25) is 0 Å². The normalized spacial score (nSPS) is 15.6. The third-order valence-corrected chi connectivity index (χ3v) is 2.11. The molecule has 0 aromatic heterocycles. The third-order valence-electron chi connectivity index (χ3n) is 2.11. The molecule has 15 heavy (non-hydrogen) atoms. The zero-order valence-electron chi connectivity index (χ0n) is 9.26. The van der Waals surface area contributed by atoms with Crippen molar-refractivity contribution in [3.05, 3.63) is 24.3 Å². The smallest absolute Gasteiger partial charge is 0.0982 e. The quantitative estimate of drug-likeness (QED) is 0.382. The van der Waals surface area contributed by atoms with Crippen LogP contribution in [0.1, 0.15) is 32.6 Å². The SMILES string of the molecule is C#C/C=C/C=C/[C@@H](O)[C@@H](O)CCCCC. The molecule has 0 aromatic carbocycles. The lowest BCUT2D eigenvalue weighted by Crippen LogP contribution is -2.23. The van der Waals surface area contributed by atoms with E-state index in [9.17, 15) is 10.2 Å². The Bertz CT molecular complexity index is 235. The van der Waals surface area contributed by atoms with E-state index in [0.29, 0.717) is 6.42 Å². The maximum Gasteiger partial charge on any atom is 0.0982 e. The van der Waals surface area contributed by atoms with Crippen LogP contribution in [0.25, 0.3) is 0 Å². The first kappa shape index (κ1) is 14.0. The van der Waals surface area contributed by atoms with Gasteiger partial charge in [-0.2, -0.15) is 0 Å². The molecule has 0 aliphatic carbocycles. The Kier molecular flexibility index (Phi) is 8.85.